The van der Waals surface area contributed by atoms with Crippen LogP contribution < -0.4 is 34.4 Å². The first-order chi connectivity index (χ1) is 21.3. The van der Waals surface area contributed by atoms with Crippen LogP contribution in [0.2, 0.25) is 0 Å². The minimum atomic E-state index is -3.83. The molecule has 0 heterocycles. The van der Waals surface area contributed by atoms with Gasteiger partial charge in [0.1, 0.15) is 11.2 Å². The fourth-order valence-corrected chi connectivity index (χ4v) is 4.30. The fourth-order valence-electron chi connectivity index (χ4n) is 3.12. The number of nitrogens with zero attached hydrogens (tertiary/aromatic N) is 2. The van der Waals surface area contributed by atoms with Gasteiger partial charge in [0, 0.05) is 61.0 Å². The number of hydrogen-bond acceptors (Lipinski definition) is 9. The topological polar surface area (TPSA) is 153 Å². The minimum absolute atomic E-state index is 0. The maximum atomic E-state index is 12.1. The Morgan fingerprint density at radius 1 is 0.792 bits per heavy atom. The van der Waals surface area contributed by atoms with Crippen molar-refractivity contribution in [3.05, 3.63) is 53.0 Å². The smallest absolute Gasteiger partial charge is 1.00 e. The molecule has 0 radical (unpaired) electrons. The molecule has 0 unspecified atom stereocenters. The zero-order valence-corrected chi connectivity index (χ0v) is 34.7. The molecule has 272 valence electrons. The van der Waals surface area contributed by atoms with Gasteiger partial charge < -0.3 is 16.6 Å². The molecule has 11 nitrogen and oxygen atoms in total. The summed E-state index contributed by atoms with van der Waals surface area (Å²) in [4.78, 5) is 27.0. The van der Waals surface area contributed by atoms with Gasteiger partial charge in [-0.3, -0.25) is 9.80 Å². The zero-order valence-electron chi connectivity index (χ0n) is 30.2. The molecule has 48 heavy (non-hydrogen) atoms. The number of benzene rings is 2. The van der Waals surface area contributed by atoms with Crippen molar-refractivity contribution in [3.63, 3.8) is 0 Å². The molecule has 0 aliphatic rings. The van der Waals surface area contributed by atoms with E-state index in [-0.39, 0.29) is 31.3 Å². The van der Waals surface area contributed by atoms with Gasteiger partial charge >= 0.3 is 39.3 Å². The normalized spacial score (nSPS) is 11.0. The van der Waals surface area contributed by atoms with E-state index >= 15 is 0 Å². The molecular formula is C30H48BrCl3LiN3O8S2. The van der Waals surface area contributed by atoms with E-state index in [0.717, 1.165) is 16.7 Å². The Bertz CT molecular complexity index is 1470. The molecule has 2 amide bonds. The standard InChI is InChI=1S/C13H18BrNO2.C13H18ClNO4S.C4H11N.Cl2O2S.Li.H/c1-5-15(12(16)17-13(2,3)4)11-8-6-7-10(14)9-11;1-5-15(12(16)19-13(2,3)4)10-7-6-8-11(9-10)20(14,17)18;1-2-3-4-5;1-5(2,3)4;;/h6-9H,5H2,1-4H3;6-9H,5H2,1-4H3;2-5H2,1H3;;;/q;;;;+1;-1. The van der Waals surface area contributed by atoms with Crippen LogP contribution in [0.4, 0.5) is 21.0 Å². The number of nitrogens with two attached hydrogens (primary N) is 1. The maximum absolute atomic E-state index is 12.1. The first-order valence-electron chi connectivity index (χ1n) is 14.4. The zero-order chi connectivity index (χ0) is 37.2. The summed E-state index contributed by atoms with van der Waals surface area (Å²) in [6.45, 7) is 18.5. The Kier molecular flexibility index (Phi) is 25.6. The van der Waals surface area contributed by atoms with Crippen LogP contribution in [0.3, 0.4) is 0 Å². The predicted octanol–water partition coefficient (Wildman–Crippen LogP) is 6.16. The Morgan fingerprint density at radius 3 is 1.44 bits per heavy atom. The average molecular weight is 836 g/mol. The quantitative estimate of drug-likeness (QED) is 0.256. The fraction of sp³-hybridized carbons (Fsp3) is 0.533. The molecule has 0 atom stereocenters. The first-order valence-corrected chi connectivity index (χ1v) is 20.7. The van der Waals surface area contributed by atoms with E-state index in [1.807, 2.05) is 52.0 Å². The molecule has 0 saturated heterocycles. The molecule has 2 rings (SSSR count). The van der Waals surface area contributed by atoms with E-state index in [9.17, 15) is 18.0 Å². The molecule has 2 aromatic rings. The van der Waals surface area contributed by atoms with E-state index in [1.165, 1.54) is 35.9 Å². The number of halogens is 4. The number of hydrogen-bond donors (Lipinski definition) is 1. The number of anilines is 2. The predicted molar refractivity (Wildman–Crippen MR) is 198 cm³/mol. The van der Waals surface area contributed by atoms with Crippen molar-refractivity contribution in [3.8, 4) is 0 Å². The third-order valence-corrected chi connectivity index (χ3v) is 6.79. The van der Waals surface area contributed by atoms with Crippen molar-refractivity contribution in [2.45, 2.75) is 91.3 Å². The maximum Gasteiger partial charge on any atom is 1.00 e. The molecule has 0 spiro atoms. The van der Waals surface area contributed by atoms with Gasteiger partial charge in [0.15, 0.2) is 0 Å². The third kappa shape index (κ3) is 26.6. The molecule has 2 aromatic carbocycles. The molecule has 2 N–H and O–H groups in total. The van der Waals surface area contributed by atoms with E-state index in [2.05, 4.69) is 44.2 Å². The second-order valence-electron chi connectivity index (χ2n) is 11.4. The number of amides is 2. The number of rotatable bonds is 7. The van der Waals surface area contributed by atoms with Crippen LogP contribution in [0.1, 0.15) is 76.6 Å². The number of unbranched alkanes of at least 4 members (excludes halogenated alkanes) is 1. The number of ether oxygens (including phenoxy) is 2. The number of carbonyl (C=O) groups is 2. The largest absolute Gasteiger partial charge is 1.00 e. The summed E-state index contributed by atoms with van der Waals surface area (Å²) < 4.78 is 52.6. The van der Waals surface area contributed by atoms with Crippen molar-refractivity contribution in [1.82, 2.24) is 0 Å². The van der Waals surface area contributed by atoms with Gasteiger partial charge in [-0.25, -0.2) is 18.0 Å². The second kappa shape index (κ2) is 24.1. The third-order valence-electron chi connectivity index (χ3n) is 4.95. The Morgan fingerprint density at radius 2 is 1.17 bits per heavy atom. The summed E-state index contributed by atoms with van der Waals surface area (Å²) in [7, 11) is 6.28. The summed E-state index contributed by atoms with van der Waals surface area (Å²) in [5, 5.41) is 0. The molecule has 0 aliphatic carbocycles. The summed E-state index contributed by atoms with van der Waals surface area (Å²) in [6, 6.07) is 13.5. The molecule has 0 aromatic heterocycles. The molecular weight excluding hydrogens is 788 g/mol. The van der Waals surface area contributed by atoms with Gasteiger partial charge in [0.05, 0.1) is 4.90 Å². The van der Waals surface area contributed by atoms with Crippen LogP contribution in [-0.2, 0) is 26.8 Å². The van der Waals surface area contributed by atoms with Crippen molar-refractivity contribution in [2.24, 2.45) is 5.73 Å². The van der Waals surface area contributed by atoms with Crippen molar-refractivity contribution >= 4 is 88.9 Å². The minimum Gasteiger partial charge on any atom is -1.00 e. The van der Waals surface area contributed by atoms with Crippen molar-refractivity contribution in [2.75, 3.05) is 29.4 Å². The number of carbonyl (C=O) groups excluding carboxylic acids is 2. The van der Waals surface area contributed by atoms with Crippen molar-refractivity contribution in [1.29, 1.82) is 0 Å². The Balaban J connectivity index is -0.000000316. The van der Waals surface area contributed by atoms with Gasteiger partial charge in [-0.2, -0.15) is 8.42 Å². The summed E-state index contributed by atoms with van der Waals surface area (Å²) in [5.74, 6) is 0. The SMILES string of the molecule is CCCCN.CCN(C(=O)OC(C)(C)C)c1cccc(Br)c1.CCN(C(=O)OC(C)(C)C)c1cccc(S(=O)(=O)Cl)c1.O=S(=O)(Cl)Cl.[H-].[Li+]. The van der Waals surface area contributed by atoms with Gasteiger partial charge in [0.2, 0.25) is 0 Å². The summed E-state index contributed by atoms with van der Waals surface area (Å²) in [6.07, 6.45) is 1.53. The first kappa shape index (κ1) is 51.2. The van der Waals surface area contributed by atoms with Gasteiger partial charge in [-0.15, -0.1) is 0 Å². The molecule has 18 heteroatoms. The summed E-state index contributed by atoms with van der Waals surface area (Å²) in [5.41, 5.74) is 5.29. The van der Waals surface area contributed by atoms with Crippen LogP contribution in [-0.4, -0.2) is 59.9 Å². The molecule has 0 fully saturated rings. The monoisotopic (exact) mass is 833 g/mol. The van der Waals surface area contributed by atoms with Crippen LogP contribution in [0, 0.1) is 0 Å². The summed E-state index contributed by atoms with van der Waals surface area (Å²) >= 11 is 3.39. The Hall–Kier alpha value is -1.21. The van der Waals surface area contributed by atoms with E-state index in [0.29, 0.717) is 18.8 Å². The molecule has 0 saturated carbocycles. The molecule has 0 aliphatic heterocycles. The van der Waals surface area contributed by atoms with Crippen LogP contribution in [0.15, 0.2) is 57.9 Å². The van der Waals surface area contributed by atoms with E-state index < -0.39 is 34.6 Å². The van der Waals surface area contributed by atoms with Gasteiger partial charge in [-0.1, -0.05) is 41.4 Å². The van der Waals surface area contributed by atoms with E-state index in [4.69, 9.17) is 34.3 Å². The van der Waals surface area contributed by atoms with Crippen LogP contribution in [0.25, 0.3) is 0 Å². The van der Waals surface area contributed by atoms with Crippen LogP contribution >= 0.6 is 48.0 Å². The van der Waals surface area contributed by atoms with Gasteiger partial charge in [-0.05, 0) is 105 Å². The average Bonchev–Trinajstić information content (AvgIpc) is 2.87. The second-order valence-corrected chi connectivity index (χ2v) is 18.5. The van der Waals surface area contributed by atoms with Gasteiger partial charge in [0.25, 0.3) is 9.05 Å². The van der Waals surface area contributed by atoms with Crippen molar-refractivity contribution < 1.29 is 56.2 Å². The Labute approximate surface area is 322 Å². The van der Waals surface area contributed by atoms with Crippen LogP contribution in [0.5, 0.6) is 0 Å². The molecule has 0 bridgehead atoms. The van der Waals surface area contributed by atoms with E-state index in [1.54, 1.807) is 38.7 Å².